The molecule has 0 aromatic carbocycles. The summed E-state index contributed by atoms with van der Waals surface area (Å²) in [6.45, 7) is 14.2. The Hall–Kier alpha value is -0.120. The first-order chi connectivity index (χ1) is 7.51. The Morgan fingerprint density at radius 2 is 2.12 bits per heavy atom. The van der Waals surface area contributed by atoms with Gasteiger partial charge in [-0.15, -0.1) is 0 Å². The number of rotatable bonds is 6. The van der Waals surface area contributed by atoms with Crippen LogP contribution < -0.4 is 5.32 Å². The van der Waals surface area contributed by atoms with Gasteiger partial charge in [-0.2, -0.15) is 0 Å². The SMILES string of the molecule is CCN(CCNC(C)(C)C)CC1CCCO1. The van der Waals surface area contributed by atoms with E-state index >= 15 is 0 Å². The van der Waals surface area contributed by atoms with Gasteiger partial charge in [0.1, 0.15) is 0 Å². The molecular formula is C13H28N2O. The smallest absolute Gasteiger partial charge is 0.0702 e. The minimum atomic E-state index is 0.225. The highest BCUT2D eigenvalue weighted by atomic mass is 16.5. The van der Waals surface area contributed by atoms with Crippen molar-refractivity contribution in [1.29, 1.82) is 0 Å². The van der Waals surface area contributed by atoms with Crippen molar-refractivity contribution < 1.29 is 4.74 Å². The third kappa shape index (κ3) is 5.83. The lowest BCUT2D eigenvalue weighted by atomic mass is 10.1. The molecule has 3 heteroatoms. The Morgan fingerprint density at radius 3 is 2.62 bits per heavy atom. The number of hydrogen-bond acceptors (Lipinski definition) is 3. The summed E-state index contributed by atoms with van der Waals surface area (Å²) in [5, 5.41) is 3.53. The van der Waals surface area contributed by atoms with E-state index in [0.717, 1.165) is 32.8 Å². The van der Waals surface area contributed by atoms with Crippen molar-refractivity contribution in [3.05, 3.63) is 0 Å². The highest BCUT2D eigenvalue weighted by molar-refractivity contribution is 4.73. The Bertz CT molecular complexity index is 183. The fourth-order valence-electron chi connectivity index (χ4n) is 2.04. The first-order valence-corrected chi connectivity index (χ1v) is 6.60. The number of nitrogens with one attached hydrogen (secondary N) is 1. The normalized spacial score (nSPS) is 21.9. The monoisotopic (exact) mass is 228 g/mol. The van der Waals surface area contributed by atoms with Gasteiger partial charge in [-0.05, 0) is 40.2 Å². The van der Waals surface area contributed by atoms with Crippen LogP contribution in [0, 0.1) is 0 Å². The zero-order chi connectivity index (χ0) is 12.0. The lowest BCUT2D eigenvalue weighted by molar-refractivity contribution is 0.0746. The average Bonchev–Trinajstić information content (AvgIpc) is 2.67. The molecule has 1 rings (SSSR count). The standard InChI is InChI=1S/C13H28N2O/c1-5-15(9-8-14-13(2,3)4)11-12-7-6-10-16-12/h12,14H,5-11H2,1-4H3. The van der Waals surface area contributed by atoms with Crippen molar-refractivity contribution in [2.24, 2.45) is 0 Å². The first-order valence-electron chi connectivity index (χ1n) is 6.60. The minimum absolute atomic E-state index is 0.225. The topological polar surface area (TPSA) is 24.5 Å². The van der Waals surface area contributed by atoms with Crippen molar-refractivity contribution in [3.8, 4) is 0 Å². The molecule has 1 unspecified atom stereocenters. The molecule has 1 atom stereocenters. The predicted molar refractivity (Wildman–Crippen MR) is 68.8 cm³/mol. The van der Waals surface area contributed by atoms with Gasteiger partial charge in [-0.1, -0.05) is 6.92 Å². The van der Waals surface area contributed by atoms with Crippen LogP contribution in [0.15, 0.2) is 0 Å². The summed E-state index contributed by atoms with van der Waals surface area (Å²) in [6.07, 6.45) is 2.96. The van der Waals surface area contributed by atoms with E-state index in [4.69, 9.17) is 4.74 Å². The predicted octanol–water partition coefficient (Wildman–Crippen LogP) is 1.88. The summed E-state index contributed by atoms with van der Waals surface area (Å²) >= 11 is 0. The first kappa shape index (κ1) is 13.9. The minimum Gasteiger partial charge on any atom is -0.377 e. The second-order valence-corrected chi connectivity index (χ2v) is 5.71. The molecule has 1 heterocycles. The Morgan fingerprint density at radius 1 is 1.38 bits per heavy atom. The number of hydrogen-bond donors (Lipinski definition) is 1. The van der Waals surface area contributed by atoms with E-state index in [1.807, 2.05) is 0 Å². The van der Waals surface area contributed by atoms with E-state index in [1.165, 1.54) is 12.8 Å². The summed E-state index contributed by atoms with van der Waals surface area (Å²) in [4.78, 5) is 2.48. The Balaban J connectivity index is 2.15. The summed E-state index contributed by atoms with van der Waals surface area (Å²) in [5.74, 6) is 0. The lowest BCUT2D eigenvalue weighted by Gasteiger charge is -2.26. The molecule has 1 aliphatic heterocycles. The van der Waals surface area contributed by atoms with Gasteiger partial charge in [0.2, 0.25) is 0 Å². The molecule has 0 aromatic heterocycles. The van der Waals surface area contributed by atoms with E-state index in [1.54, 1.807) is 0 Å². The molecule has 0 aromatic rings. The molecule has 1 N–H and O–H groups in total. The second-order valence-electron chi connectivity index (χ2n) is 5.71. The lowest BCUT2D eigenvalue weighted by Crippen LogP contribution is -2.43. The fraction of sp³-hybridized carbons (Fsp3) is 1.00. The van der Waals surface area contributed by atoms with Gasteiger partial charge in [0.05, 0.1) is 6.10 Å². The van der Waals surface area contributed by atoms with Crippen LogP contribution in [0.1, 0.15) is 40.5 Å². The number of likely N-dealkylation sites (N-methyl/N-ethyl adjacent to an activating group) is 1. The van der Waals surface area contributed by atoms with Crippen LogP contribution in [-0.4, -0.2) is 49.3 Å². The van der Waals surface area contributed by atoms with Crippen molar-refractivity contribution in [2.75, 3.05) is 32.8 Å². The summed E-state index contributed by atoms with van der Waals surface area (Å²) in [7, 11) is 0. The van der Waals surface area contributed by atoms with Gasteiger partial charge in [0.25, 0.3) is 0 Å². The molecule has 3 nitrogen and oxygen atoms in total. The van der Waals surface area contributed by atoms with Crippen LogP contribution in [0.5, 0.6) is 0 Å². The van der Waals surface area contributed by atoms with Crippen molar-refractivity contribution in [3.63, 3.8) is 0 Å². The average molecular weight is 228 g/mol. The largest absolute Gasteiger partial charge is 0.377 e. The molecule has 0 spiro atoms. The van der Waals surface area contributed by atoms with E-state index < -0.39 is 0 Å². The molecule has 0 bridgehead atoms. The van der Waals surface area contributed by atoms with Crippen LogP contribution in [0.25, 0.3) is 0 Å². The molecule has 96 valence electrons. The van der Waals surface area contributed by atoms with Gasteiger partial charge < -0.3 is 10.1 Å². The highest BCUT2D eigenvalue weighted by Crippen LogP contribution is 2.13. The van der Waals surface area contributed by atoms with Gasteiger partial charge in [-0.25, -0.2) is 0 Å². The molecule has 0 saturated carbocycles. The van der Waals surface area contributed by atoms with Gasteiger partial charge in [0, 0.05) is 31.8 Å². The van der Waals surface area contributed by atoms with Gasteiger partial charge in [-0.3, -0.25) is 4.90 Å². The molecule has 1 saturated heterocycles. The van der Waals surface area contributed by atoms with Crippen LogP contribution in [0.2, 0.25) is 0 Å². The zero-order valence-corrected chi connectivity index (χ0v) is 11.4. The molecule has 0 radical (unpaired) electrons. The maximum atomic E-state index is 5.67. The second kappa shape index (κ2) is 6.58. The van der Waals surface area contributed by atoms with Crippen LogP contribution in [-0.2, 0) is 4.74 Å². The van der Waals surface area contributed by atoms with Gasteiger partial charge >= 0.3 is 0 Å². The zero-order valence-electron chi connectivity index (χ0n) is 11.4. The molecule has 16 heavy (non-hydrogen) atoms. The Kier molecular flexibility index (Phi) is 5.73. The maximum Gasteiger partial charge on any atom is 0.0702 e. The van der Waals surface area contributed by atoms with Crippen molar-refractivity contribution in [1.82, 2.24) is 10.2 Å². The van der Waals surface area contributed by atoms with Gasteiger partial charge in [0.15, 0.2) is 0 Å². The number of nitrogens with zero attached hydrogens (tertiary/aromatic N) is 1. The molecular weight excluding hydrogens is 200 g/mol. The Labute approximate surface area is 101 Å². The third-order valence-electron chi connectivity index (χ3n) is 3.02. The van der Waals surface area contributed by atoms with Crippen LogP contribution in [0.3, 0.4) is 0 Å². The van der Waals surface area contributed by atoms with E-state index in [-0.39, 0.29) is 5.54 Å². The van der Waals surface area contributed by atoms with Crippen molar-refractivity contribution >= 4 is 0 Å². The maximum absolute atomic E-state index is 5.67. The highest BCUT2D eigenvalue weighted by Gasteiger charge is 2.18. The quantitative estimate of drug-likeness (QED) is 0.751. The number of ether oxygens (including phenoxy) is 1. The van der Waals surface area contributed by atoms with E-state index in [0.29, 0.717) is 6.10 Å². The van der Waals surface area contributed by atoms with E-state index in [9.17, 15) is 0 Å². The molecule has 1 aliphatic rings. The molecule has 1 fully saturated rings. The summed E-state index contributed by atoms with van der Waals surface area (Å²) in [5.41, 5.74) is 0.225. The molecule has 0 amide bonds. The third-order valence-corrected chi connectivity index (χ3v) is 3.02. The fourth-order valence-corrected chi connectivity index (χ4v) is 2.04. The van der Waals surface area contributed by atoms with Crippen LogP contribution >= 0.6 is 0 Å². The summed E-state index contributed by atoms with van der Waals surface area (Å²) in [6, 6.07) is 0. The summed E-state index contributed by atoms with van der Waals surface area (Å²) < 4.78 is 5.67. The molecule has 0 aliphatic carbocycles. The van der Waals surface area contributed by atoms with E-state index in [2.05, 4.69) is 37.9 Å². The van der Waals surface area contributed by atoms with Crippen LogP contribution in [0.4, 0.5) is 0 Å². The van der Waals surface area contributed by atoms with Crippen molar-refractivity contribution in [2.45, 2.75) is 52.2 Å².